The number of aromatic nitrogens is 2. The van der Waals surface area contributed by atoms with Crippen LogP contribution in [0, 0.1) is 9.49 Å². The number of unbranched alkanes of at least 4 members (excludes halogenated alkanes) is 1. The molecule has 1 heterocycles. The van der Waals surface area contributed by atoms with Crippen LogP contribution in [0.25, 0.3) is 0 Å². The molecule has 0 saturated heterocycles. The first kappa shape index (κ1) is 24.7. The molecule has 170 valence electrons. The second-order valence-electron chi connectivity index (χ2n) is 7.78. The van der Waals surface area contributed by atoms with Crippen LogP contribution in [0.5, 0.6) is 0 Å². The zero-order chi connectivity index (χ0) is 23.1. The Balaban J connectivity index is 2.01. The number of aryl methyl sites for hydroxylation is 1. The average Bonchev–Trinajstić information content (AvgIpc) is 3.11. The summed E-state index contributed by atoms with van der Waals surface area (Å²) in [5, 5.41) is 11.7. The molecule has 0 bridgehead atoms. The van der Waals surface area contributed by atoms with Gasteiger partial charge in [0.2, 0.25) is 0 Å². The topological polar surface area (TPSA) is 64.3 Å². The number of hydrogen-bond donors (Lipinski definition) is 1. The lowest BCUT2D eigenvalue weighted by Gasteiger charge is -2.23. The van der Waals surface area contributed by atoms with Gasteiger partial charge in [0, 0.05) is 16.5 Å². The average molecular weight is 567 g/mol. The summed E-state index contributed by atoms with van der Waals surface area (Å²) in [7, 11) is 1.34. The number of imidazole rings is 1. The fourth-order valence-corrected chi connectivity index (χ4v) is 4.44. The minimum absolute atomic E-state index is 0.232. The van der Waals surface area contributed by atoms with Crippen molar-refractivity contribution in [1.82, 2.24) is 9.55 Å². The van der Waals surface area contributed by atoms with Gasteiger partial charge in [-0.1, -0.05) is 67.4 Å². The van der Waals surface area contributed by atoms with Crippen LogP contribution in [0.3, 0.4) is 0 Å². The molecule has 32 heavy (non-hydrogen) atoms. The maximum Gasteiger partial charge on any atom is 0.312 e. The Hall–Kier alpha value is -1.90. The van der Waals surface area contributed by atoms with Gasteiger partial charge >= 0.3 is 5.97 Å². The van der Waals surface area contributed by atoms with Gasteiger partial charge in [0.25, 0.3) is 0 Å². The molecule has 3 rings (SSSR count). The molecule has 0 amide bonds. The van der Waals surface area contributed by atoms with E-state index in [1.54, 1.807) is 0 Å². The third-order valence-corrected chi connectivity index (χ3v) is 6.51. The summed E-state index contributed by atoms with van der Waals surface area (Å²) in [4.78, 5) is 17.2. The van der Waals surface area contributed by atoms with Gasteiger partial charge in [0.1, 0.15) is 11.9 Å². The van der Waals surface area contributed by atoms with Gasteiger partial charge in [0.05, 0.1) is 18.7 Å². The third-order valence-electron chi connectivity index (χ3n) is 5.51. The zero-order valence-corrected chi connectivity index (χ0v) is 21.2. The molecular formula is C25H28ClIN2O3. The Morgan fingerprint density at radius 3 is 2.47 bits per heavy atom. The van der Waals surface area contributed by atoms with Crippen molar-refractivity contribution in [3.8, 4) is 0 Å². The molecule has 0 saturated carbocycles. The fraction of sp³-hybridized carbons (Fsp3) is 0.360. The van der Waals surface area contributed by atoms with Crippen LogP contribution < -0.4 is 0 Å². The molecule has 1 N–H and O–H groups in total. The Morgan fingerprint density at radius 1 is 1.16 bits per heavy atom. The lowest BCUT2D eigenvalue weighted by atomic mass is 9.92. The van der Waals surface area contributed by atoms with E-state index >= 15 is 0 Å². The van der Waals surface area contributed by atoms with E-state index in [-0.39, 0.29) is 5.15 Å². The Labute approximate surface area is 207 Å². The molecule has 5 nitrogen and oxygen atoms in total. The first-order valence-corrected chi connectivity index (χ1v) is 12.2. The molecule has 2 atom stereocenters. The lowest BCUT2D eigenvalue weighted by Crippen LogP contribution is -2.28. The van der Waals surface area contributed by atoms with Gasteiger partial charge in [-0.05, 0) is 58.7 Å². The molecule has 0 aliphatic heterocycles. The monoisotopic (exact) mass is 566 g/mol. The van der Waals surface area contributed by atoms with Crippen LogP contribution in [0.15, 0.2) is 54.6 Å². The van der Waals surface area contributed by atoms with E-state index in [0.717, 1.165) is 39.8 Å². The number of carbonyl (C=O) groups excluding carboxylic acids is 1. The van der Waals surface area contributed by atoms with E-state index in [0.29, 0.717) is 18.7 Å². The molecule has 2 aromatic carbocycles. The molecule has 0 radical (unpaired) electrons. The molecule has 7 heteroatoms. The van der Waals surface area contributed by atoms with Crippen LogP contribution in [0.1, 0.15) is 48.5 Å². The first-order chi connectivity index (χ1) is 15.4. The third kappa shape index (κ3) is 6.11. The van der Waals surface area contributed by atoms with E-state index < -0.39 is 18.0 Å². The van der Waals surface area contributed by atoms with Crippen molar-refractivity contribution in [3.05, 3.63) is 86.0 Å². The van der Waals surface area contributed by atoms with E-state index in [2.05, 4.69) is 46.6 Å². The van der Waals surface area contributed by atoms with Crippen molar-refractivity contribution in [2.45, 2.75) is 45.3 Å². The van der Waals surface area contributed by atoms with Crippen LogP contribution in [0.4, 0.5) is 0 Å². The smallest absolute Gasteiger partial charge is 0.312 e. The zero-order valence-electron chi connectivity index (χ0n) is 18.3. The molecule has 0 spiro atoms. The number of carbonyl (C=O) groups is 1. The second-order valence-corrected chi connectivity index (χ2v) is 9.39. The quantitative estimate of drug-likeness (QED) is 0.256. The number of halogens is 2. The largest absolute Gasteiger partial charge is 0.469 e. The van der Waals surface area contributed by atoms with Crippen LogP contribution in [-0.4, -0.2) is 27.7 Å². The predicted octanol–water partition coefficient (Wildman–Crippen LogP) is 5.60. The van der Waals surface area contributed by atoms with Crippen molar-refractivity contribution in [2.75, 3.05) is 7.11 Å². The fourth-order valence-electron chi connectivity index (χ4n) is 3.77. The van der Waals surface area contributed by atoms with Gasteiger partial charge in [-0.3, -0.25) is 4.79 Å². The highest BCUT2D eigenvalue weighted by molar-refractivity contribution is 14.1. The van der Waals surface area contributed by atoms with Crippen LogP contribution in [0.2, 0.25) is 5.15 Å². The Kier molecular flexibility index (Phi) is 9.13. The van der Waals surface area contributed by atoms with Crippen molar-refractivity contribution in [1.29, 1.82) is 0 Å². The number of hydrogen-bond acceptors (Lipinski definition) is 4. The minimum atomic E-state index is -1.15. The van der Waals surface area contributed by atoms with Crippen LogP contribution in [-0.2, 0) is 28.9 Å². The maximum absolute atomic E-state index is 12.7. The number of ether oxygens (including phenoxy) is 1. The standard InChI is InChI=1S/C25H28ClIN2O3/c1-3-4-10-21-28-24(26)22(29(21)16-18-11-13-19(27)14-12-18)23(30)20(25(31)32-2)15-17-8-6-5-7-9-17/h5-9,11-14,20,23,30H,3-4,10,15-16H2,1-2H3. The SMILES string of the molecule is CCCCc1nc(Cl)c(C(O)C(Cc2ccccc2)C(=O)OC)n1Cc1ccc(I)cc1. The Morgan fingerprint density at radius 2 is 1.84 bits per heavy atom. The molecule has 0 aliphatic rings. The summed E-state index contributed by atoms with van der Waals surface area (Å²) < 4.78 is 8.15. The van der Waals surface area contributed by atoms with E-state index in [1.807, 2.05) is 47.0 Å². The van der Waals surface area contributed by atoms with E-state index in [1.165, 1.54) is 7.11 Å². The molecule has 3 aromatic rings. The highest BCUT2D eigenvalue weighted by Crippen LogP contribution is 2.33. The molecular weight excluding hydrogens is 539 g/mol. The number of benzene rings is 2. The van der Waals surface area contributed by atoms with Crippen LogP contribution >= 0.6 is 34.2 Å². The molecule has 1 aromatic heterocycles. The number of nitrogens with zero attached hydrogens (tertiary/aromatic N) is 2. The summed E-state index contributed by atoms with van der Waals surface area (Å²) in [5.74, 6) is -0.464. The van der Waals surface area contributed by atoms with E-state index in [4.69, 9.17) is 16.3 Å². The van der Waals surface area contributed by atoms with Gasteiger partial charge in [-0.25, -0.2) is 4.98 Å². The van der Waals surface area contributed by atoms with Gasteiger partial charge in [-0.2, -0.15) is 0 Å². The lowest BCUT2D eigenvalue weighted by molar-refractivity contribution is -0.149. The second kappa shape index (κ2) is 11.8. The predicted molar refractivity (Wildman–Crippen MR) is 135 cm³/mol. The summed E-state index contributed by atoms with van der Waals surface area (Å²) in [5.41, 5.74) is 2.47. The summed E-state index contributed by atoms with van der Waals surface area (Å²) >= 11 is 8.84. The minimum Gasteiger partial charge on any atom is -0.469 e. The summed E-state index contributed by atoms with van der Waals surface area (Å²) in [6.45, 7) is 2.64. The summed E-state index contributed by atoms with van der Waals surface area (Å²) in [6, 6.07) is 17.8. The molecule has 2 unspecified atom stereocenters. The van der Waals surface area contributed by atoms with E-state index in [9.17, 15) is 9.90 Å². The highest BCUT2D eigenvalue weighted by atomic mass is 127. The number of rotatable bonds is 10. The first-order valence-electron chi connectivity index (χ1n) is 10.7. The molecule has 0 fully saturated rings. The Bertz CT molecular complexity index is 1020. The number of methoxy groups -OCH3 is 1. The number of esters is 1. The highest BCUT2D eigenvalue weighted by Gasteiger charge is 2.34. The maximum atomic E-state index is 12.7. The van der Waals surface area contributed by atoms with Crippen molar-refractivity contribution < 1.29 is 14.6 Å². The molecule has 0 aliphatic carbocycles. The normalized spacial score (nSPS) is 13.0. The van der Waals surface area contributed by atoms with Crippen molar-refractivity contribution >= 4 is 40.2 Å². The summed E-state index contributed by atoms with van der Waals surface area (Å²) in [6.07, 6.45) is 1.91. The number of aliphatic hydroxyl groups excluding tert-OH is 1. The van der Waals surface area contributed by atoms with Gasteiger partial charge in [0.15, 0.2) is 5.15 Å². The number of aliphatic hydroxyl groups is 1. The van der Waals surface area contributed by atoms with Gasteiger partial charge < -0.3 is 14.4 Å². The van der Waals surface area contributed by atoms with Gasteiger partial charge in [-0.15, -0.1) is 0 Å². The van der Waals surface area contributed by atoms with Crippen molar-refractivity contribution in [2.24, 2.45) is 5.92 Å². The van der Waals surface area contributed by atoms with Crippen molar-refractivity contribution in [3.63, 3.8) is 0 Å².